The fourth-order valence-electron chi connectivity index (χ4n) is 3.06. The van der Waals surface area contributed by atoms with E-state index in [9.17, 15) is 4.79 Å². The largest absolute Gasteiger partial charge is 0.497 e. The molecule has 1 heterocycles. The van der Waals surface area contributed by atoms with Crippen molar-refractivity contribution >= 4 is 5.91 Å². The number of ether oxygens (including phenoxy) is 2. The number of aromatic nitrogens is 1. The predicted octanol–water partition coefficient (Wildman–Crippen LogP) is 4.29. The molecular formula is C22H24N2O3. The van der Waals surface area contributed by atoms with Crippen LogP contribution in [-0.4, -0.2) is 24.7 Å². The van der Waals surface area contributed by atoms with Gasteiger partial charge in [-0.25, -0.2) is 0 Å². The molecule has 0 spiro atoms. The molecule has 0 fully saturated rings. The minimum atomic E-state index is -0.237. The van der Waals surface area contributed by atoms with Crippen LogP contribution in [0.5, 0.6) is 11.5 Å². The van der Waals surface area contributed by atoms with Gasteiger partial charge in [-0.3, -0.25) is 4.79 Å². The van der Waals surface area contributed by atoms with E-state index in [1.54, 1.807) is 14.2 Å². The van der Waals surface area contributed by atoms with Crippen LogP contribution in [-0.2, 0) is 0 Å². The van der Waals surface area contributed by atoms with E-state index < -0.39 is 0 Å². The molecule has 0 aliphatic heterocycles. The molecule has 0 saturated heterocycles. The smallest absolute Gasteiger partial charge is 0.251 e. The summed E-state index contributed by atoms with van der Waals surface area (Å²) in [4.78, 5) is 12.8. The zero-order chi connectivity index (χ0) is 19.4. The number of rotatable bonds is 6. The van der Waals surface area contributed by atoms with Crippen molar-refractivity contribution in [2.24, 2.45) is 0 Å². The van der Waals surface area contributed by atoms with Gasteiger partial charge in [-0.2, -0.15) is 0 Å². The minimum absolute atomic E-state index is 0.138. The number of amides is 1. The molecule has 27 heavy (non-hydrogen) atoms. The van der Waals surface area contributed by atoms with Gasteiger partial charge in [-0.1, -0.05) is 6.07 Å². The molecule has 3 rings (SSSR count). The number of hydrogen-bond acceptors (Lipinski definition) is 3. The first-order valence-corrected chi connectivity index (χ1v) is 8.80. The fraction of sp³-hybridized carbons (Fsp3) is 0.227. The molecular weight excluding hydrogens is 340 g/mol. The second-order valence-electron chi connectivity index (χ2n) is 6.39. The van der Waals surface area contributed by atoms with Gasteiger partial charge in [0, 0.05) is 29.2 Å². The molecule has 0 saturated carbocycles. The Bertz CT molecular complexity index is 933. The average molecular weight is 364 g/mol. The van der Waals surface area contributed by atoms with Gasteiger partial charge in [-0.05, 0) is 61.9 Å². The highest BCUT2D eigenvalue weighted by Crippen LogP contribution is 2.29. The number of carbonyl (C=O) groups is 1. The zero-order valence-electron chi connectivity index (χ0n) is 16.0. The fourth-order valence-corrected chi connectivity index (χ4v) is 3.06. The van der Waals surface area contributed by atoms with Crippen LogP contribution in [0.1, 0.15) is 34.5 Å². The van der Waals surface area contributed by atoms with Crippen molar-refractivity contribution in [1.82, 2.24) is 9.88 Å². The monoisotopic (exact) mass is 364 g/mol. The Balaban J connectivity index is 1.84. The molecule has 1 unspecified atom stereocenters. The normalized spacial score (nSPS) is 11.7. The summed E-state index contributed by atoms with van der Waals surface area (Å²) in [5, 5.41) is 3.05. The molecule has 1 N–H and O–H groups in total. The molecule has 1 atom stereocenters. The van der Waals surface area contributed by atoms with E-state index in [0.29, 0.717) is 11.3 Å². The number of carbonyl (C=O) groups excluding carboxylic acids is 1. The van der Waals surface area contributed by atoms with Gasteiger partial charge in [0.2, 0.25) is 0 Å². The van der Waals surface area contributed by atoms with Crippen molar-refractivity contribution in [2.45, 2.75) is 19.9 Å². The second kappa shape index (κ2) is 7.99. The molecule has 140 valence electrons. The second-order valence-corrected chi connectivity index (χ2v) is 6.39. The van der Waals surface area contributed by atoms with Gasteiger partial charge in [-0.15, -0.1) is 0 Å². The highest BCUT2D eigenvalue weighted by molar-refractivity contribution is 5.95. The zero-order valence-corrected chi connectivity index (χ0v) is 16.0. The third kappa shape index (κ3) is 3.97. The Labute approximate surface area is 159 Å². The molecule has 1 aromatic heterocycles. The summed E-state index contributed by atoms with van der Waals surface area (Å²) < 4.78 is 12.7. The molecule has 0 bridgehead atoms. The van der Waals surface area contributed by atoms with E-state index in [1.807, 2.05) is 79.3 Å². The first kappa shape index (κ1) is 18.6. The van der Waals surface area contributed by atoms with Crippen LogP contribution in [0, 0.1) is 6.92 Å². The lowest BCUT2D eigenvalue weighted by Gasteiger charge is -2.19. The molecule has 3 aromatic rings. The van der Waals surface area contributed by atoms with Crippen LogP contribution in [0.3, 0.4) is 0 Å². The molecule has 5 heteroatoms. The Morgan fingerprint density at radius 2 is 1.78 bits per heavy atom. The summed E-state index contributed by atoms with van der Waals surface area (Å²) in [6, 6.07) is 14.9. The number of nitrogens with one attached hydrogen (secondary N) is 1. The molecule has 0 aliphatic carbocycles. The van der Waals surface area contributed by atoms with E-state index in [0.717, 1.165) is 22.6 Å². The Hall–Kier alpha value is -3.21. The molecule has 0 radical (unpaired) electrons. The van der Waals surface area contributed by atoms with Crippen LogP contribution < -0.4 is 14.8 Å². The lowest BCUT2D eigenvalue weighted by Crippen LogP contribution is -2.27. The number of nitrogens with zero attached hydrogens (tertiary/aromatic N) is 1. The number of hydrogen-bond donors (Lipinski definition) is 1. The highest BCUT2D eigenvalue weighted by Gasteiger charge is 2.17. The third-order valence-corrected chi connectivity index (χ3v) is 4.60. The molecule has 0 aliphatic rings. The maximum atomic E-state index is 12.8. The number of benzene rings is 2. The standard InChI is InChI=1S/C22H24N2O3/c1-15-7-8-17(13-20(15)24-11-5-6-12-24)22(25)23-16(2)19-14-18(26-3)9-10-21(19)27-4/h5-14,16H,1-4H3,(H,23,25). The number of methoxy groups -OCH3 is 2. The highest BCUT2D eigenvalue weighted by atomic mass is 16.5. The Morgan fingerprint density at radius 1 is 1.04 bits per heavy atom. The summed E-state index contributed by atoms with van der Waals surface area (Å²) in [5.41, 5.74) is 3.56. The van der Waals surface area contributed by atoms with Crippen molar-refractivity contribution in [2.75, 3.05) is 14.2 Å². The van der Waals surface area contributed by atoms with E-state index in [1.165, 1.54) is 0 Å². The van der Waals surface area contributed by atoms with Gasteiger partial charge >= 0.3 is 0 Å². The lowest BCUT2D eigenvalue weighted by molar-refractivity contribution is 0.0939. The maximum Gasteiger partial charge on any atom is 0.251 e. The summed E-state index contributed by atoms with van der Waals surface area (Å²) in [7, 11) is 3.23. The van der Waals surface area contributed by atoms with Gasteiger partial charge in [0.15, 0.2) is 0 Å². The van der Waals surface area contributed by atoms with Gasteiger partial charge < -0.3 is 19.4 Å². The Morgan fingerprint density at radius 3 is 2.44 bits per heavy atom. The summed E-state index contributed by atoms with van der Waals surface area (Å²) in [5.74, 6) is 1.29. The van der Waals surface area contributed by atoms with Crippen molar-refractivity contribution in [3.8, 4) is 17.2 Å². The van der Waals surface area contributed by atoms with Crippen LogP contribution in [0.4, 0.5) is 0 Å². The third-order valence-electron chi connectivity index (χ3n) is 4.60. The van der Waals surface area contributed by atoms with Gasteiger partial charge in [0.25, 0.3) is 5.91 Å². The van der Waals surface area contributed by atoms with Crippen molar-refractivity contribution in [1.29, 1.82) is 0 Å². The van der Waals surface area contributed by atoms with Gasteiger partial charge in [0.05, 0.1) is 20.3 Å². The molecule has 2 aromatic carbocycles. The number of aryl methyl sites for hydroxylation is 1. The van der Waals surface area contributed by atoms with Gasteiger partial charge in [0.1, 0.15) is 11.5 Å². The quantitative estimate of drug-likeness (QED) is 0.710. The van der Waals surface area contributed by atoms with Crippen LogP contribution in [0.25, 0.3) is 5.69 Å². The van der Waals surface area contributed by atoms with E-state index >= 15 is 0 Å². The minimum Gasteiger partial charge on any atom is -0.497 e. The summed E-state index contributed by atoms with van der Waals surface area (Å²) >= 11 is 0. The lowest BCUT2D eigenvalue weighted by atomic mass is 10.0. The van der Waals surface area contributed by atoms with Crippen LogP contribution in [0.2, 0.25) is 0 Å². The predicted molar refractivity (Wildman–Crippen MR) is 106 cm³/mol. The average Bonchev–Trinajstić information content (AvgIpc) is 3.22. The topological polar surface area (TPSA) is 52.5 Å². The van der Waals surface area contributed by atoms with E-state index in [2.05, 4.69) is 5.32 Å². The van der Waals surface area contributed by atoms with E-state index in [-0.39, 0.29) is 11.9 Å². The summed E-state index contributed by atoms with van der Waals surface area (Å²) in [6.07, 6.45) is 3.93. The van der Waals surface area contributed by atoms with E-state index in [4.69, 9.17) is 9.47 Å². The molecule has 5 nitrogen and oxygen atoms in total. The SMILES string of the molecule is COc1ccc(OC)c(C(C)NC(=O)c2ccc(C)c(-n3cccc3)c2)c1. The van der Waals surface area contributed by atoms with Crippen molar-refractivity contribution in [3.63, 3.8) is 0 Å². The van der Waals surface area contributed by atoms with Crippen LogP contribution >= 0.6 is 0 Å². The van der Waals surface area contributed by atoms with Crippen molar-refractivity contribution in [3.05, 3.63) is 77.6 Å². The summed E-state index contributed by atoms with van der Waals surface area (Å²) in [6.45, 7) is 3.96. The molecule has 1 amide bonds. The first-order valence-electron chi connectivity index (χ1n) is 8.80. The van der Waals surface area contributed by atoms with Crippen molar-refractivity contribution < 1.29 is 14.3 Å². The Kier molecular flexibility index (Phi) is 5.50. The maximum absolute atomic E-state index is 12.8. The first-order chi connectivity index (χ1) is 13.0. The van der Waals surface area contributed by atoms with Crippen LogP contribution in [0.15, 0.2) is 60.9 Å².